The third kappa shape index (κ3) is 5.20. The molecule has 0 aliphatic carbocycles. The molecule has 3 N–H and O–H groups in total. The van der Waals surface area contributed by atoms with Crippen molar-refractivity contribution in [3.05, 3.63) is 42.0 Å². The molecule has 140 valence electrons. The number of methoxy groups -OCH3 is 1. The van der Waals surface area contributed by atoms with Gasteiger partial charge in [0.1, 0.15) is 0 Å². The summed E-state index contributed by atoms with van der Waals surface area (Å²) in [7, 11) is 1.27. The van der Waals surface area contributed by atoms with E-state index in [1.807, 2.05) is 45.0 Å². The maximum atomic E-state index is 12.6. The molecule has 0 saturated heterocycles. The molecule has 0 aliphatic rings. The van der Waals surface area contributed by atoms with Crippen molar-refractivity contribution in [2.45, 2.75) is 26.8 Å². The fourth-order valence-corrected chi connectivity index (χ4v) is 2.48. The monoisotopic (exact) mass is 358 g/mol. The number of rotatable bonds is 6. The molecule has 0 aliphatic heterocycles. The van der Waals surface area contributed by atoms with Gasteiger partial charge in [-0.25, -0.2) is 4.79 Å². The highest BCUT2D eigenvalue weighted by Gasteiger charge is 2.24. The minimum atomic E-state index is -0.902. The summed E-state index contributed by atoms with van der Waals surface area (Å²) < 4.78 is 10.3. The number of amides is 1. The largest absolute Gasteiger partial charge is 0.467 e. The quantitative estimate of drug-likeness (QED) is 0.612. The van der Waals surface area contributed by atoms with Gasteiger partial charge in [-0.15, -0.1) is 0 Å². The van der Waals surface area contributed by atoms with Crippen LogP contribution in [0.25, 0.3) is 10.8 Å². The van der Waals surface area contributed by atoms with Gasteiger partial charge in [-0.3, -0.25) is 4.79 Å². The summed E-state index contributed by atoms with van der Waals surface area (Å²) in [4.78, 5) is 24.6. The lowest BCUT2D eigenvalue weighted by molar-refractivity contribution is -0.144. The van der Waals surface area contributed by atoms with Crippen LogP contribution in [0.5, 0.6) is 0 Å². The first-order chi connectivity index (χ1) is 12.2. The number of nitrogens with one attached hydrogen (secondary N) is 1. The highest BCUT2D eigenvalue weighted by molar-refractivity contribution is 6.05. The Morgan fingerprint density at radius 2 is 1.77 bits per heavy atom. The number of hydrogen-bond donors (Lipinski definition) is 2. The average molecular weight is 358 g/mol. The molecule has 2 aromatic carbocycles. The first-order valence-electron chi connectivity index (χ1n) is 8.46. The van der Waals surface area contributed by atoms with Gasteiger partial charge in [0, 0.05) is 5.69 Å². The van der Waals surface area contributed by atoms with Gasteiger partial charge < -0.3 is 20.5 Å². The van der Waals surface area contributed by atoms with Gasteiger partial charge >= 0.3 is 5.97 Å². The summed E-state index contributed by atoms with van der Waals surface area (Å²) in [5.74, 6) is -1.00. The van der Waals surface area contributed by atoms with Gasteiger partial charge in [-0.05, 0) is 28.3 Å². The lowest BCUT2D eigenvalue weighted by Crippen LogP contribution is -2.45. The van der Waals surface area contributed by atoms with Gasteiger partial charge in [0.15, 0.2) is 6.04 Å². The minimum Gasteiger partial charge on any atom is -0.467 e. The van der Waals surface area contributed by atoms with Crippen molar-refractivity contribution in [3.8, 4) is 0 Å². The van der Waals surface area contributed by atoms with E-state index in [4.69, 9.17) is 15.2 Å². The second kappa shape index (κ2) is 8.19. The molecule has 0 spiro atoms. The van der Waals surface area contributed by atoms with Crippen molar-refractivity contribution in [3.63, 3.8) is 0 Å². The van der Waals surface area contributed by atoms with Gasteiger partial charge in [-0.1, -0.05) is 45.0 Å². The van der Waals surface area contributed by atoms with Gasteiger partial charge in [0.25, 0.3) is 5.91 Å². The Bertz CT molecular complexity index is 796. The Labute approximate surface area is 153 Å². The van der Waals surface area contributed by atoms with E-state index in [9.17, 15) is 9.59 Å². The van der Waals surface area contributed by atoms with Crippen molar-refractivity contribution < 1.29 is 19.1 Å². The first kappa shape index (κ1) is 19.7. The number of esters is 1. The molecule has 0 fully saturated rings. The van der Waals surface area contributed by atoms with E-state index in [0.717, 1.165) is 10.8 Å². The third-order valence-corrected chi connectivity index (χ3v) is 3.77. The van der Waals surface area contributed by atoms with E-state index in [2.05, 4.69) is 5.32 Å². The van der Waals surface area contributed by atoms with Crippen molar-refractivity contribution in [1.82, 2.24) is 5.32 Å². The van der Waals surface area contributed by atoms with E-state index in [0.29, 0.717) is 17.9 Å². The number of anilines is 1. The molecule has 6 heteroatoms. The van der Waals surface area contributed by atoms with Crippen molar-refractivity contribution in [2.24, 2.45) is 5.41 Å². The number of nitrogen functional groups attached to an aromatic ring is 1. The maximum absolute atomic E-state index is 12.6. The molecule has 1 atom stereocenters. The highest BCUT2D eigenvalue weighted by atomic mass is 16.5. The molecule has 6 nitrogen and oxygen atoms in total. The van der Waals surface area contributed by atoms with Crippen LogP contribution in [-0.4, -0.2) is 38.2 Å². The van der Waals surface area contributed by atoms with Crippen LogP contribution in [0, 0.1) is 5.41 Å². The van der Waals surface area contributed by atoms with Crippen molar-refractivity contribution in [1.29, 1.82) is 0 Å². The smallest absolute Gasteiger partial charge is 0.330 e. The highest BCUT2D eigenvalue weighted by Crippen LogP contribution is 2.22. The number of fused-ring (bicyclic) bond motifs is 1. The summed E-state index contributed by atoms with van der Waals surface area (Å²) in [5, 5.41) is 4.50. The minimum absolute atomic E-state index is 0.0309. The molecule has 0 unspecified atom stereocenters. The van der Waals surface area contributed by atoms with Crippen LogP contribution in [0.2, 0.25) is 0 Å². The summed E-state index contributed by atoms with van der Waals surface area (Å²) in [6, 6.07) is 10.2. The molecule has 2 aromatic rings. The van der Waals surface area contributed by atoms with Crippen LogP contribution in [0.15, 0.2) is 36.4 Å². The third-order valence-electron chi connectivity index (χ3n) is 3.77. The van der Waals surface area contributed by atoms with Crippen molar-refractivity contribution in [2.75, 3.05) is 26.1 Å². The van der Waals surface area contributed by atoms with Crippen LogP contribution in [-0.2, 0) is 14.3 Å². The Morgan fingerprint density at radius 1 is 1.15 bits per heavy atom. The lowest BCUT2D eigenvalue weighted by Gasteiger charge is -2.21. The number of carbonyl (C=O) groups is 2. The van der Waals surface area contributed by atoms with E-state index in [1.165, 1.54) is 7.11 Å². The zero-order valence-electron chi connectivity index (χ0n) is 15.7. The topological polar surface area (TPSA) is 90.6 Å². The number of benzene rings is 2. The Balaban J connectivity index is 2.15. The van der Waals surface area contributed by atoms with Crippen LogP contribution in [0.4, 0.5) is 5.69 Å². The number of hydrogen-bond acceptors (Lipinski definition) is 5. The molecule has 1 amide bonds. The predicted octanol–water partition coefficient (Wildman–Crippen LogP) is 2.76. The normalized spacial score (nSPS) is 12.6. The van der Waals surface area contributed by atoms with Gasteiger partial charge in [0.05, 0.1) is 25.9 Å². The number of carbonyl (C=O) groups excluding carboxylic acids is 2. The Hall–Kier alpha value is -2.60. The predicted molar refractivity (Wildman–Crippen MR) is 102 cm³/mol. The zero-order valence-corrected chi connectivity index (χ0v) is 15.7. The molecule has 26 heavy (non-hydrogen) atoms. The molecule has 0 heterocycles. The second-order valence-electron chi connectivity index (χ2n) is 7.41. The molecule has 0 bridgehead atoms. The summed E-state index contributed by atoms with van der Waals surface area (Å²) in [6.07, 6.45) is 0. The molecule has 0 radical (unpaired) electrons. The van der Waals surface area contributed by atoms with E-state index >= 15 is 0 Å². The van der Waals surface area contributed by atoms with Crippen LogP contribution in [0.3, 0.4) is 0 Å². The van der Waals surface area contributed by atoms with Crippen molar-refractivity contribution >= 4 is 28.3 Å². The van der Waals surface area contributed by atoms with E-state index < -0.39 is 17.9 Å². The zero-order chi connectivity index (χ0) is 19.3. The maximum Gasteiger partial charge on any atom is 0.330 e. The molecular weight excluding hydrogens is 332 g/mol. The first-order valence-corrected chi connectivity index (χ1v) is 8.46. The van der Waals surface area contributed by atoms with Crippen LogP contribution < -0.4 is 11.1 Å². The van der Waals surface area contributed by atoms with Crippen LogP contribution >= 0.6 is 0 Å². The Morgan fingerprint density at radius 3 is 2.35 bits per heavy atom. The van der Waals surface area contributed by atoms with Gasteiger partial charge in [0.2, 0.25) is 0 Å². The molecule has 2 rings (SSSR count). The Kier molecular flexibility index (Phi) is 6.21. The standard InChI is InChI=1S/C20H26N2O4/c1-20(2,3)12-26-11-17(19(24)25-4)22-18(23)15-9-13-7-5-6-8-14(13)10-16(15)21/h5-10,17H,11-12,21H2,1-4H3,(H,22,23)/t17-/m0/s1. The number of ether oxygens (including phenoxy) is 2. The van der Waals surface area contributed by atoms with E-state index in [-0.39, 0.29) is 12.0 Å². The molecular formula is C20H26N2O4. The summed E-state index contributed by atoms with van der Waals surface area (Å²) >= 11 is 0. The molecule has 0 aromatic heterocycles. The SMILES string of the molecule is COC(=O)[C@H](COCC(C)(C)C)NC(=O)c1cc2ccccc2cc1N. The second-order valence-corrected chi connectivity index (χ2v) is 7.41. The summed E-state index contributed by atoms with van der Waals surface area (Å²) in [5.41, 5.74) is 6.63. The summed E-state index contributed by atoms with van der Waals surface area (Å²) in [6.45, 7) is 6.55. The lowest BCUT2D eigenvalue weighted by atomic mass is 9.99. The van der Waals surface area contributed by atoms with Gasteiger partial charge in [-0.2, -0.15) is 0 Å². The molecule has 0 saturated carbocycles. The fourth-order valence-electron chi connectivity index (χ4n) is 2.48. The van der Waals surface area contributed by atoms with E-state index in [1.54, 1.807) is 12.1 Å². The fraction of sp³-hybridized carbons (Fsp3) is 0.400. The average Bonchev–Trinajstić information content (AvgIpc) is 2.58. The van der Waals surface area contributed by atoms with Crippen LogP contribution in [0.1, 0.15) is 31.1 Å². The number of nitrogens with two attached hydrogens (primary N) is 1.